The van der Waals surface area contributed by atoms with Crippen LogP contribution < -0.4 is 19.5 Å². The Bertz CT molecular complexity index is 739. The minimum Gasteiger partial charge on any atom is -0.497 e. The molecule has 0 aliphatic rings. The van der Waals surface area contributed by atoms with Gasteiger partial charge >= 0.3 is 0 Å². The molecular formula is C17H17ClFNO4. The molecule has 0 aliphatic carbocycles. The minimum absolute atomic E-state index is 0.0723. The van der Waals surface area contributed by atoms with Gasteiger partial charge in [-0.05, 0) is 31.2 Å². The van der Waals surface area contributed by atoms with E-state index in [0.717, 1.165) is 0 Å². The number of amides is 1. The van der Waals surface area contributed by atoms with Crippen LogP contribution in [0.25, 0.3) is 0 Å². The van der Waals surface area contributed by atoms with Crippen LogP contribution >= 0.6 is 11.6 Å². The van der Waals surface area contributed by atoms with Crippen molar-refractivity contribution >= 4 is 23.2 Å². The Hall–Kier alpha value is -2.47. The van der Waals surface area contributed by atoms with Crippen LogP contribution in [0.1, 0.15) is 6.92 Å². The van der Waals surface area contributed by atoms with Crippen molar-refractivity contribution in [3.63, 3.8) is 0 Å². The molecule has 0 aromatic heterocycles. The minimum atomic E-state index is -0.821. The lowest BCUT2D eigenvalue weighted by Crippen LogP contribution is -2.30. The van der Waals surface area contributed by atoms with Gasteiger partial charge in [-0.3, -0.25) is 4.79 Å². The van der Waals surface area contributed by atoms with Crippen molar-refractivity contribution in [3.8, 4) is 17.2 Å². The van der Waals surface area contributed by atoms with Crippen LogP contribution in [-0.4, -0.2) is 26.2 Å². The van der Waals surface area contributed by atoms with Gasteiger partial charge in [0.1, 0.15) is 23.1 Å². The number of benzene rings is 2. The highest BCUT2D eigenvalue weighted by Crippen LogP contribution is 2.29. The van der Waals surface area contributed by atoms with Gasteiger partial charge in [0.15, 0.2) is 6.10 Å². The molecule has 0 saturated carbocycles. The van der Waals surface area contributed by atoms with Crippen molar-refractivity contribution in [1.82, 2.24) is 0 Å². The summed E-state index contributed by atoms with van der Waals surface area (Å²) in [7, 11) is 3.03. The van der Waals surface area contributed by atoms with E-state index in [1.54, 1.807) is 25.1 Å². The second-order valence-corrected chi connectivity index (χ2v) is 5.30. The second kappa shape index (κ2) is 7.88. The van der Waals surface area contributed by atoms with E-state index in [2.05, 4.69) is 5.32 Å². The van der Waals surface area contributed by atoms with Gasteiger partial charge in [0.05, 0.1) is 24.9 Å². The van der Waals surface area contributed by atoms with E-state index in [0.29, 0.717) is 22.9 Å². The van der Waals surface area contributed by atoms with Crippen molar-refractivity contribution in [2.75, 3.05) is 19.5 Å². The summed E-state index contributed by atoms with van der Waals surface area (Å²) in [4.78, 5) is 12.3. The molecule has 0 spiro atoms. The number of carbonyl (C=O) groups excluding carboxylic acids is 1. The summed E-state index contributed by atoms with van der Waals surface area (Å²) in [5.41, 5.74) is 0.482. The largest absolute Gasteiger partial charge is 0.497 e. The lowest BCUT2D eigenvalue weighted by atomic mass is 10.2. The fraction of sp³-hybridized carbons (Fsp3) is 0.235. The number of nitrogens with one attached hydrogen (secondary N) is 1. The molecule has 128 valence electrons. The number of hydrogen-bond donors (Lipinski definition) is 1. The normalized spacial score (nSPS) is 11.5. The number of anilines is 1. The first-order valence-electron chi connectivity index (χ1n) is 7.09. The van der Waals surface area contributed by atoms with Gasteiger partial charge in [0.25, 0.3) is 5.91 Å². The molecule has 2 rings (SSSR count). The van der Waals surface area contributed by atoms with Crippen molar-refractivity contribution in [2.24, 2.45) is 0 Å². The number of methoxy groups -OCH3 is 2. The van der Waals surface area contributed by atoms with Crippen LogP contribution in [0.15, 0.2) is 36.4 Å². The van der Waals surface area contributed by atoms with Crippen LogP contribution in [0, 0.1) is 5.82 Å². The highest BCUT2D eigenvalue weighted by atomic mass is 35.5. The van der Waals surface area contributed by atoms with Crippen molar-refractivity contribution in [3.05, 3.63) is 47.2 Å². The van der Waals surface area contributed by atoms with Gasteiger partial charge in [-0.25, -0.2) is 4.39 Å². The highest BCUT2D eigenvalue weighted by Gasteiger charge is 2.17. The monoisotopic (exact) mass is 353 g/mol. The van der Waals surface area contributed by atoms with Gasteiger partial charge in [-0.2, -0.15) is 0 Å². The molecule has 0 heterocycles. The Kier molecular flexibility index (Phi) is 5.87. The lowest BCUT2D eigenvalue weighted by molar-refractivity contribution is -0.122. The number of ether oxygens (including phenoxy) is 3. The summed E-state index contributed by atoms with van der Waals surface area (Å²) in [6.45, 7) is 1.57. The van der Waals surface area contributed by atoms with Gasteiger partial charge in [-0.1, -0.05) is 11.6 Å². The molecule has 0 aliphatic heterocycles. The number of rotatable bonds is 6. The van der Waals surface area contributed by atoms with Crippen molar-refractivity contribution in [2.45, 2.75) is 13.0 Å². The summed E-state index contributed by atoms with van der Waals surface area (Å²) < 4.78 is 28.9. The van der Waals surface area contributed by atoms with Gasteiger partial charge in [-0.15, -0.1) is 0 Å². The van der Waals surface area contributed by atoms with Gasteiger partial charge in [0.2, 0.25) is 0 Å². The fourth-order valence-corrected chi connectivity index (χ4v) is 2.11. The molecule has 0 bridgehead atoms. The molecule has 5 nitrogen and oxygen atoms in total. The van der Waals surface area contributed by atoms with Crippen LogP contribution in [0.4, 0.5) is 10.1 Å². The zero-order valence-electron chi connectivity index (χ0n) is 13.4. The summed E-state index contributed by atoms with van der Waals surface area (Å²) in [5, 5.41) is 2.63. The zero-order chi connectivity index (χ0) is 17.7. The van der Waals surface area contributed by atoms with Gasteiger partial charge in [0, 0.05) is 12.1 Å². The SMILES string of the molecule is COc1ccc(NC(=O)C(C)Oc2ccc(F)c(Cl)c2)c(OC)c1. The molecule has 0 saturated heterocycles. The lowest BCUT2D eigenvalue weighted by Gasteiger charge is -2.16. The number of halogens is 2. The Balaban J connectivity index is 2.07. The first-order chi connectivity index (χ1) is 11.4. The average Bonchev–Trinajstić information content (AvgIpc) is 2.58. The highest BCUT2D eigenvalue weighted by molar-refractivity contribution is 6.30. The summed E-state index contributed by atoms with van der Waals surface area (Å²) in [5.74, 6) is 0.420. The molecule has 0 fully saturated rings. The van der Waals surface area contributed by atoms with Crippen molar-refractivity contribution < 1.29 is 23.4 Å². The van der Waals surface area contributed by atoms with Crippen molar-refractivity contribution in [1.29, 1.82) is 0 Å². The molecule has 2 aromatic rings. The first-order valence-corrected chi connectivity index (χ1v) is 7.47. The molecule has 0 radical (unpaired) electrons. The van der Waals surface area contributed by atoms with Crippen LogP contribution in [0.2, 0.25) is 5.02 Å². The van der Waals surface area contributed by atoms with E-state index in [1.165, 1.54) is 32.4 Å². The maximum Gasteiger partial charge on any atom is 0.265 e. The third kappa shape index (κ3) is 4.29. The molecule has 2 aromatic carbocycles. The van der Waals surface area contributed by atoms with E-state index in [1.807, 2.05) is 0 Å². The Morgan fingerprint density at radius 1 is 1.12 bits per heavy atom. The molecule has 7 heteroatoms. The molecular weight excluding hydrogens is 337 g/mol. The quantitative estimate of drug-likeness (QED) is 0.855. The first kappa shape index (κ1) is 17.9. The van der Waals surface area contributed by atoms with E-state index < -0.39 is 11.9 Å². The Labute approximate surface area is 144 Å². The maximum atomic E-state index is 13.1. The zero-order valence-corrected chi connectivity index (χ0v) is 14.2. The topological polar surface area (TPSA) is 56.8 Å². The Morgan fingerprint density at radius 2 is 1.83 bits per heavy atom. The van der Waals surface area contributed by atoms with Gasteiger partial charge < -0.3 is 19.5 Å². The fourth-order valence-electron chi connectivity index (χ4n) is 1.94. The van der Waals surface area contributed by atoms with E-state index >= 15 is 0 Å². The molecule has 24 heavy (non-hydrogen) atoms. The maximum absolute atomic E-state index is 13.1. The molecule has 1 unspecified atom stereocenters. The average molecular weight is 354 g/mol. The summed E-state index contributed by atoms with van der Waals surface area (Å²) >= 11 is 5.69. The molecule has 1 atom stereocenters. The predicted molar refractivity (Wildman–Crippen MR) is 89.7 cm³/mol. The van der Waals surface area contributed by atoms with E-state index in [9.17, 15) is 9.18 Å². The molecule has 1 amide bonds. The Morgan fingerprint density at radius 3 is 2.46 bits per heavy atom. The summed E-state index contributed by atoms with van der Waals surface area (Å²) in [6.07, 6.45) is -0.821. The third-order valence-corrected chi connectivity index (χ3v) is 3.53. The molecule has 1 N–H and O–H groups in total. The second-order valence-electron chi connectivity index (χ2n) is 4.89. The van der Waals surface area contributed by atoms with E-state index in [4.69, 9.17) is 25.8 Å². The van der Waals surface area contributed by atoms with Crippen LogP contribution in [0.5, 0.6) is 17.2 Å². The smallest absolute Gasteiger partial charge is 0.265 e. The number of carbonyl (C=O) groups is 1. The number of hydrogen-bond acceptors (Lipinski definition) is 4. The predicted octanol–water partition coefficient (Wildman–Crippen LogP) is 3.90. The summed E-state index contributed by atoms with van der Waals surface area (Å²) in [6, 6.07) is 8.91. The standard InChI is InChI=1S/C17H17ClFNO4/c1-10(24-12-4-6-14(19)13(18)8-12)17(21)20-15-7-5-11(22-2)9-16(15)23-3/h4-10H,1-3H3,(H,20,21). The van der Waals surface area contributed by atoms with E-state index in [-0.39, 0.29) is 10.9 Å². The third-order valence-electron chi connectivity index (χ3n) is 3.24. The van der Waals surface area contributed by atoms with Crippen LogP contribution in [0.3, 0.4) is 0 Å². The van der Waals surface area contributed by atoms with Crippen LogP contribution in [-0.2, 0) is 4.79 Å².